The second kappa shape index (κ2) is 4.47. The molecule has 58 valence electrons. The van der Waals surface area contributed by atoms with Crippen molar-refractivity contribution in [1.82, 2.24) is 0 Å². The molecule has 2 bridgehead atoms. The van der Waals surface area contributed by atoms with Gasteiger partial charge in [0.1, 0.15) is 0 Å². The summed E-state index contributed by atoms with van der Waals surface area (Å²) in [4.78, 5) is 0. The normalized spacial score (nSPS) is 38.1. The van der Waals surface area contributed by atoms with Gasteiger partial charge in [-0.3, -0.25) is 0 Å². The third kappa shape index (κ3) is 2.13. The molecule has 0 saturated heterocycles. The van der Waals surface area contributed by atoms with E-state index in [9.17, 15) is 0 Å². The molecule has 0 heterocycles. The van der Waals surface area contributed by atoms with Gasteiger partial charge in [0.05, 0.1) is 0 Å². The number of allylic oxidation sites excluding steroid dienone is 2. The second-order valence-corrected chi connectivity index (χ2v) is 3.47. The summed E-state index contributed by atoms with van der Waals surface area (Å²) >= 11 is 0. The third-order valence-electron chi connectivity index (χ3n) is 2.90. The molecule has 2 aliphatic rings. The van der Waals surface area contributed by atoms with E-state index in [2.05, 4.69) is 19.1 Å². The molecule has 0 aromatic heterocycles. The molecule has 0 amide bonds. The van der Waals surface area contributed by atoms with E-state index in [0.717, 1.165) is 12.3 Å². The smallest absolute Gasteiger partial charge is 1.00 e. The summed E-state index contributed by atoms with van der Waals surface area (Å²) in [5, 5.41) is 0. The molecule has 0 aromatic rings. The molecule has 2 atom stereocenters. The summed E-state index contributed by atoms with van der Waals surface area (Å²) in [6, 6.07) is 0. The Balaban J connectivity index is 0.000000500. The third-order valence-corrected chi connectivity index (χ3v) is 2.90. The van der Waals surface area contributed by atoms with Gasteiger partial charge in [-0.15, -0.1) is 0 Å². The zero-order valence-corrected chi connectivity index (χ0v) is 10.4. The average molecular weight is 272 g/mol. The van der Waals surface area contributed by atoms with E-state index in [1.807, 2.05) is 0 Å². The molecular formula is C9H13IMg. The van der Waals surface area contributed by atoms with E-state index in [4.69, 9.17) is 0 Å². The van der Waals surface area contributed by atoms with E-state index in [0.29, 0.717) is 5.41 Å². The van der Waals surface area contributed by atoms with Crippen molar-refractivity contribution in [1.29, 1.82) is 0 Å². The van der Waals surface area contributed by atoms with Crippen molar-refractivity contribution in [3.8, 4) is 0 Å². The molecule has 0 nitrogen and oxygen atoms in total. The summed E-state index contributed by atoms with van der Waals surface area (Å²) in [6.45, 7) is 3.99. The maximum absolute atomic E-state index is 3.99. The van der Waals surface area contributed by atoms with Crippen molar-refractivity contribution in [3.63, 3.8) is 0 Å². The Labute approximate surface area is 102 Å². The largest absolute Gasteiger partial charge is 2.00 e. The minimum Gasteiger partial charge on any atom is -1.00 e. The first-order valence-electron chi connectivity index (χ1n) is 3.83. The van der Waals surface area contributed by atoms with Gasteiger partial charge in [-0.05, 0) is 30.6 Å². The Morgan fingerprint density at radius 2 is 2.27 bits per heavy atom. The molecular weight excluding hydrogens is 259 g/mol. The van der Waals surface area contributed by atoms with E-state index < -0.39 is 0 Å². The van der Waals surface area contributed by atoms with Crippen LogP contribution in [0.25, 0.3) is 0 Å². The molecule has 2 aliphatic carbocycles. The Morgan fingerprint density at radius 3 is 2.45 bits per heavy atom. The van der Waals surface area contributed by atoms with E-state index in [-0.39, 0.29) is 47.0 Å². The van der Waals surface area contributed by atoms with Gasteiger partial charge in [0.15, 0.2) is 0 Å². The van der Waals surface area contributed by atoms with Crippen LogP contribution in [0.15, 0.2) is 12.2 Å². The Kier molecular flexibility index (Phi) is 4.97. The fourth-order valence-electron chi connectivity index (χ4n) is 2.17. The number of hydrogen-bond donors (Lipinski definition) is 0. The second-order valence-electron chi connectivity index (χ2n) is 3.47. The van der Waals surface area contributed by atoms with Crippen LogP contribution in [-0.2, 0) is 0 Å². The number of halogens is 1. The first-order chi connectivity index (χ1) is 4.35. The van der Waals surface area contributed by atoms with Gasteiger partial charge >= 0.3 is 23.1 Å². The molecule has 0 radical (unpaired) electrons. The van der Waals surface area contributed by atoms with Crippen LogP contribution in [0.1, 0.15) is 25.7 Å². The summed E-state index contributed by atoms with van der Waals surface area (Å²) in [6.07, 6.45) is 10.1. The Morgan fingerprint density at radius 1 is 1.55 bits per heavy atom. The molecule has 2 unspecified atom stereocenters. The van der Waals surface area contributed by atoms with Crippen LogP contribution in [0.2, 0.25) is 0 Å². The first-order valence-corrected chi connectivity index (χ1v) is 3.83. The predicted molar refractivity (Wildman–Crippen MR) is 44.6 cm³/mol. The minimum absolute atomic E-state index is 0. The fraction of sp³-hybridized carbons (Fsp3) is 0.667. The zero-order valence-electron chi connectivity index (χ0n) is 6.85. The Bertz CT molecular complexity index is 156. The standard InChI is InChI=1S/C9H13.HI.Mg/c1-2-9-5-3-8(7-9)4-6-9;;/h3,5,8H,1-2,4,6-7H2;1H;/q-1;;+2/p-1. The summed E-state index contributed by atoms with van der Waals surface area (Å²) in [5.74, 6) is 0.923. The Hall–Kier alpha value is 1.24. The topological polar surface area (TPSA) is 0 Å². The van der Waals surface area contributed by atoms with Gasteiger partial charge in [0.25, 0.3) is 0 Å². The molecule has 0 spiro atoms. The van der Waals surface area contributed by atoms with Gasteiger partial charge in [0.2, 0.25) is 0 Å². The molecule has 0 aromatic carbocycles. The molecule has 2 rings (SSSR count). The molecule has 1 saturated carbocycles. The van der Waals surface area contributed by atoms with Crippen LogP contribution in [-0.4, -0.2) is 23.1 Å². The maximum atomic E-state index is 3.99. The molecule has 0 aliphatic heterocycles. The van der Waals surface area contributed by atoms with Crippen molar-refractivity contribution in [3.05, 3.63) is 19.1 Å². The van der Waals surface area contributed by atoms with Crippen molar-refractivity contribution in [2.24, 2.45) is 11.3 Å². The van der Waals surface area contributed by atoms with E-state index in [1.165, 1.54) is 19.3 Å². The molecule has 0 N–H and O–H groups in total. The molecule has 2 heteroatoms. The van der Waals surface area contributed by atoms with Gasteiger partial charge < -0.3 is 30.9 Å². The van der Waals surface area contributed by atoms with E-state index in [1.54, 1.807) is 0 Å². The van der Waals surface area contributed by atoms with Crippen LogP contribution in [0.4, 0.5) is 0 Å². The van der Waals surface area contributed by atoms with Crippen LogP contribution in [0.3, 0.4) is 0 Å². The fourth-order valence-corrected chi connectivity index (χ4v) is 2.17. The van der Waals surface area contributed by atoms with Crippen LogP contribution >= 0.6 is 0 Å². The first kappa shape index (κ1) is 12.2. The summed E-state index contributed by atoms with van der Waals surface area (Å²) in [7, 11) is 0. The number of hydrogen-bond acceptors (Lipinski definition) is 0. The van der Waals surface area contributed by atoms with Crippen molar-refractivity contribution in [2.45, 2.75) is 25.7 Å². The molecule has 1 fully saturated rings. The number of fused-ring (bicyclic) bond motifs is 2. The SMILES string of the molecule is [CH2-]CC12C=CC(CC1)C2.[I-].[Mg+2]. The average Bonchev–Trinajstić information content (AvgIpc) is 2.46. The van der Waals surface area contributed by atoms with Crippen molar-refractivity contribution in [2.75, 3.05) is 0 Å². The zero-order chi connectivity index (χ0) is 6.32. The maximum Gasteiger partial charge on any atom is 2.00 e. The predicted octanol–water partition coefficient (Wildman–Crippen LogP) is -0.810. The number of rotatable bonds is 1. The monoisotopic (exact) mass is 272 g/mol. The quantitative estimate of drug-likeness (QED) is 0.253. The van der Waals surface area contributed by atoms with Gasteiger partial charge in [-0.2, -0.15) is 6.42 Å². The van der Waals surface area contributed by atoms with Gasteiger partial charge in [-0.1, -0.05) is 12.2 Å². The minimum atomic E-state index is 0. The van der Waals surface area contributed by atoms with Crippen LogP contribution in [0.5, 0.6) is 0 Å². The molecule has 11 heavy (non-hydrogen) atoms. The van der Waals surface area contributed by atoms with Crippen molar-refractivity contribution >= 4 is 23.1 Å². The summed E-state index contributed by atoms with van der Waals surface area (Å²) < 4.78 is 0. The van der Waals surface area contributed by atoms with Crippen LogP contribution in [0, 0.1) is 18.3 Å². The van der Waals surface area contributed by atoms with Crippen LogP contribution < -0.4 is 24.0 Å². The van der Waals surface area contributed by atoms with E-state index >= 15 is 0 Å². The van der Waals surface area contributed by atoms with Gasteiger partial charge in [0, 0.05) is 0 Å². The van der Waals surface area contributed by atoms with Crippen molar-refractivity contribution < 1.29 is 24.0 Å². The summed E-state index contributed by atoms with van der Waals surface area (Å²) in [5.41, 5.74) is 0.560. The van der Waals surface area contributed by atoms with Gasteiger partial charge in [-0.25, -0.2) is 0 Å².